The summed E-state index contributed by atoms with van der Waals surface area (Å²) in [5.41, 5.74) is 2.82. The Morgan fingerprint density at radius 2 is 2.18 bits per heavy atom. The Bertz CT molecular complexity index is 470. The van der Waals surface area contributed by atoms with Gasteiger partial charge in [-0.05, 0) is 17.7 Å². The van der Waals surface area contributed by atoms with Crippen molar-refractivity contribution in [1.29, 1.82) is 0 Å². The molecule has 1 aromatic carbocycles. The molecule has 0 saturated carbocycles. The molecule has 0 radical (unpaired) electrons. The van der Waals surface area contributed by atoms with Crippen LogP contribution in [-0.4, -0.2) is 18.1 Å². The minimum atomic E-state index is 0.0185. The average molecular weight is 268 g/mol. The molecule has 88 valence electrons. The highest BCUT2D eigenvalue weighted by Gasteiger charge is 2.16. The van der Waals surface area contributed by atoms with Gasteiger partial charge >= 0.3 is 0 Å². The Hall–Kier alpha value is -1.39. The van der Waals surface area contributed by atoms with Gasteiger partial charge in [0.1, 0.15) is 6.61 Å². The van der Waals surface area contributed by atoms with Crippen molar-refractivity contribution >= 4 is 29.4 Å². The highest BCUT2D eigenvalue weighted by atomic mass is 35.5. The largest absolute Gasteiger partial charge is 0.467 e. The molecule has 2 rings (SSSR count). The Balaban J connectivity index is 2.26. The lowest BCUT2D eigenvalue weighted by Gasteiger charge is -2.14. The third-order valence-corrected chi connectivity index (χ3v) is 3.54. The predicted octanol–water partition coefficient (Wildman–Crippen LogP) is 3.10. The fourth-order valence-corrected chi connectivity index (χ4v) is 2.43. The summed E-state index contributed by atoms with van der Waals surface area (Å²) >= 11 is 7.39. The molecule has 1 heterocycles. The number of carbonyl (C=O) groups is 1. The highest BCUT2D eigenvalue weighted by molar-refractivity contribution is 7.09. The lowest BCUT2D eigenvalue weighted by Crippen LogP contribution is -2.07. The number of benzene rings is 1. The average Bonchev–Trinajstić information content (AvgIpc) is 2.85. The van der Waals surface area contributed by atoms with Crippen molar-refractivity contribution in [2.45, 2.75) is 5.92 Å². The molecule has 0 bridgehead atoms. The minimum Gasteiger partial charge on any atom is -0.467 e. The Kier molecular flexibility index (Phi) is 4.12. The number of nitrogens with zero attached hydrogens (tertiary/aromatic N) is 1. The first-order valence-electron chi connectivity index (χ1n) is 5.00. The lowest BCUT2D eigenvalue weighted by atomic mass is 9.99. The van der Waals surface area contributed by atoms with E-state index in [0.29, 0.717) is 18.1 Å². The highest BCUT2D eigenvalue weighted by Crippen LogP contribution is 2.28. The van der Waals surface area contributed by atoms with Crippen LogP contribution in [-0.2, 0) is 9.53 Å². The van der Waals surface area contributed by atoms with Gasteiger partial charge in [-0.2, -0.15) is 0 Å². The fourth-order valence-electron chi connectivity index (χ4n) is 1.57. The van der Waals surface area contributed by atoms with Crippen LogP contribution in [0.4, 0.5) is 0 Å². The molecule has 3 nitrogen and oxygen atoms in total. The van der Waals surface area contributed by atoms with Crippen LogP contribution in [0.15, 0.2) is 36.0 Å². The second kappa shape index (κ2) is 5.80. The van der Waals surface area contributed by atoms with Crippen LogP contribution in [0, 0.1) is 0 Å². The van der Waals surface area contributed by atoms with Crippen LogP contribution < -0.4 is 0 Å². The maximum atomic E-state index is 10.3. The lowest BCUT2D eigenvalue weighted by molar-refractivity contribution is -0.128. The van der Waals surface area contributed by atoms with Gasteiger partial charge in [0.05, 0.1) is 11.4 Å². The van der Waals surface area contributed by atoms with Gasteiger partial charge in [-0.15, -0.1) is 11.3 Å². The molecule has 1 aromatic heterocycles. The number of hydrogen-bond acceptors (Lipinski definition) is 4. The van der Waals surface area contributed by atoms with E-state index in [1.807, 2.05) is 24.3 Å². The zero-order chi connectivity index (χ0) is 12.1. The van der Waals surface area contributed by atoms with E-state index in [-0.39, 0.29) is 5.92 Å². The molecule has 0 aliphatic carbocycles. The molecule has 0 fully saturated rings. The molecular weight excluding hydrogens is 258 g/mol. The van der Waals surface area contributed by atoms with Gasteiger partial charge in [0.15, 0.2) is 0 Å². The van der Waals surface area contributed by atoms with Crippen molar-refractivity contribution < 1.29 is 9.53 Å². The van der Waals surface area contributed by atoms with Gasteiger partial charge in [-0.1, -0.05) is 23.7 Å². The summed E-state index contributed by atoms with van der Waals surface area (Å²) in [7, 11) is 0. The Morgan fingerprint density at radius 3 is 2.76 bits per heavy atom. The first-order valence-corrected chi connectivity index (χ1v) is 6.26. The van der Waals surface area contributed by atoms with E-state index >= 15 is 0 Å². The van der Waals surface area contributed by atoms with Crippen molar-refractivity contribution in [3.63, 3.8) is 0 Å². The molecule has 0 aliphatic heterocycles. The van der Waals surface area contributed by atoms with Gasteiger partial charge < -0.3 is 4.74 Å². The second-order valence-electron chi connectivity index (χ2n) is 3.44. The number of thiazole rings is 1. The van der Waals surface area contributed by atoms with Gasteiger partial charge in [0.2, 0.25) is 0 Å². The molecule has 0 saturated heterocycles. The molecule has 1 atom stereocenters. The van der Waals surface area contributed by atoms with Crippen molar-refractivity contribution in [2.75, 3.05) is 6.61 Å². The molecule has 0 amide bonds. The van der Waals surface area contributed by atoms with E-state index in [2.05, 4.69) is 4.98 Å². The summed E-state index contributed by atoms with van der Waals surface area (Å²) in [6.07, 6.45) is 1.79. The third kappa shape index (κ3) is 3.05. The number of carbonyl (C=O) groups excluding carboxylic acids is 1. The van der Waals surface area contributed by atoms with Gasteiger partial charge in [0, 0.05) is 16.1 Å². The van der Waals surface area contributed by atoms with Crippen LogP contribution in [0.3, 0.4) is 0 Å². The molecule has 5 heteroatoms. The SMILES string of the molecule is O=COCC(c1ccc(Cl)cc1)c1cncs1. The summed E-state index contributed by atoms with van der Waals surface area (Å²) in [5.74, 6) is 0.0185. The molecular formula is C12H10ClNO2S. The van der Waals surface area contributed by atoms with Crippen LogP contribution in [0.1, 0.15) is 16.4 Å². The first kappa shape index (κ1) is 12.1. The van der Waals surface area contributed by atoms with Crippen molar-refractivity contribution in [3.05, 3.63) is 51.4 Å². The van der Waals surface area contributed by atoms with Crippen LogP contribution in [0.5, 0.6) is 0 Å². The van der Waals surface area contributed by atoms with Crippen molar-refractivity contribution in [1.82, 2.24) is 4.98 Å². The van der Waals surface area contributed by atoms with Gasteiger partial charge in [0.25, 0.3) is 6.47 Å². The summed E-state index contributed by atoms with van der Waals surface area (Å²) in [5, 5.41) is 0.688. The Labute approximate surface area is 108 Å². The minimum absolute atomic E-state index is 0.0185. The summed E-state index contributed by atoms with van der Waals surface area (Å²) < 4.78 is 4.87. The van der Waals surface area contributed by atoms with Gasteiger partial charge in [-0.3, -0.25) is 9.78 Å². The zero-order valence-electron chi connectivity index (χ0n) is 8.88. The quantitative estimate of drug-likeness (QED) is 0.782. The topological polar surface area (TPSA) is 39.2 Å². The Morgan fingerprint density at radius 1 is 1.41 bits per heavy atom. The number of aromatic nitrogens is 1. The first-order chi connectivity index (χ1) is 8.31. The smallest absolute Gasteiger partial charge is 0.293 e. The molecule has 2 aromatic rings. The summed E-state index contributed by atoms with van der Waals surface area (Å²) in [6, 6.07) is 7.51. The van der Waals surface area contributed by atoms with Crippen molar-refractivity contribution in [3.8, 4) is 0 Å². The van der Waals surface area contributed by atoms with Crippen LogP contribution in [0.2, 0.25) is 5.02 Å². The van der Waals surface area contributed by atoms with E-state index in [1.165, 1.54) is 0 Å². The van der Waals surface area contributed by atoms with E-state index in [9.17, 15) is 4.79 Å². The molecule has 1 unspecified atom stereocenters. The second-order valence-corrected chi connectivity index (χ2v) is 4.79. The molecule has 0 N–H and O–H groups in total. The predicted molar refractivity (Wildman–Crippen MR) is 67.4 cm³/mol. The zero-order valence-corrected chi connectivity index (χ0v) is 10.4. The number of halogens is 1. The maximum Gasteiger partial charge on any atom is 0.293 e. The van der Waals surface area contributed by atoms with E-state index in [1.54, 1.807) is 23.0 Å². The molecule has 17 heavy (non-hydrogen) atoms. The fraction of sp³-hybridized carbons (Fsp3) is 0.167. The van der Waals surface area contributed by atoms with Crippen LogP contribution in [0.25, 0.3) is 0 Å². The van der Waals surface area contributed by atoms with Crippen LogP contribution >= 0.6 is 22.9 Å². The normalized spacial score (nSPS) is 12.1. The number of hydrogen-bond donors (Lipinski definition) is 0. The monoisotopic (exact) mass is 267 g/mol. The summed E-state index contributed by atoms with van der Waals surface area (Å²) in [6.45, 7) is 0.775. The molecule has 0 spiro atoms. The van der Waals surface area contributed by atoms with E-state index in [0.717, 1.165) is 10.4 Å². The number of ether oxygens (including phenoxy) is 1. The van der Waals surface area contributed by atoms with Crippen molar-refractivity contribution in [2.24, 2.45) is 0 Å². The summed E-state index contributed by atoms with van der Waals surface area (Å²) in [4.78, 5) is 15.4. The van der Waals surface area contributed by atoms with Gasteiger partial charge in [-0.25, -0.2) is 0 Å². The third-order valence-electron chi connectivity index (χ3n) is 2.40. The maximum absolute atomic E-state index is 10.3. The van der Waals surface area contributed by atoms with E-state index in [4.69, 9.17) is 16.3 Å². The standard InChI is InChI=1S/C12H10ClNO2S/c13-10-3-1-9(2-4-10)11(6-16-8-15)12-5-14-7-17-12/h1-5,7-8,11H,6H2. The molecule has 0 aliphatic rings. The van der Waals surface area contributed by atoms with E-state index < -0.39 is 0 Å². The number of rotatable bonds is 5.